The number of rotatable bonds is 87. The van der Waals surface area contributed by atoms with Crippen LogP contribution in [0.3, 0.4) is 0 Å². The third-order valence-corrected chi connectivity index (χ3v) is 21.7. The number of carbonyl (C=O) groups is 2. The quantitative estimate of drug-likeness (QED) is 0.0264. The lowest BCUT2D eigenvalue weighted by Crippen LogP contribution is -2.29. The average molecular weight is 1440 g/mol. The smallest absolute Gasteiger partial charge is 0.462 e. The second-order valence-electron chi connectivity index (χ2n) is 30.8. The molecular formula is C91H174NO8P. The SMILES string of the molecule is CCCCCCC/C=C\C/C=C\C/C=C\CCCCCCCCCCCCCCCCCCCCCCCCCCCCC(=O)OC(COC(=O)CCCCCCCCCCCCCCCCCCCCCCCCCCCCC/C=C\CCCCCCCCCC)COP(=O)(O)OCCN. The number of carbonyl (C=O) groups excluding carboxylic acids is 2. The molecular weight excluding hydrogens is 1270 g/mol. The van der Waals surface area contributed by atoms with E-state index >= 15 is 0 Å². The lowest BCUT2D eigenvalue weighted by Gasteiger charge is -2.19. The summed E-state index contributed by atoms with van der Waals surface area (Å²) < 4.78 is 33.4. The molecule has 0 aliphatic carbocycles. The maximum atomic E-state index is 12.8. The Kier molecular flexibility index (Phi) is 85.1. The van der Waals surface area contributed by atoms with Gasteiger partial charge in [-0.15, -0.1) is 0 Å². The van der Waals surface area contributed by atoms with E-state index in [1.54, 1.807) is 0 Å². The minimum Gasteiger partial charge on any atom is -0.462 e. The Morgan fingerprint density at radius 3 is 0.772 bits per heavy atom. The van der Waals surface area contributed by atoms with Crippen molar-refractivity contribution in [2.75, 3.05) is 26.4 Å². The summed E-state index contributed by atoms with van der Waals surface area (Å²) in [6.07, 6.45) is 115. The van der Waals surface area contributed by atoms with Crippen LogP contribution in [0.15, 0.2) is 48.6 Å². The summed E-state index contributed by atoms with van der Waals surface area (Å²) in [6.45, 7) is 3.82. The molecule has 0 radical (unpaired) electrons. The Hall–Kier alpha value is -2.03. The highest BCUT2D eigenvalue weighted by Crippen LogP contribution is 2.43. The van der Waals surface area contributed by atoms with Gasteiger partial charge in [0.05, 0.1) is 13.2 Å². The van der Waals surface area contributed by atoms with Gasteiger partial charge >= 0.3 is 19.8 Å². The van der Waals surface area contributed by atoms with Crippen LogP contribution < -0.4 is 5.73 Å². The van der Waals surface area contributed by atoms with Gasteiger partial charge in [-0.25, -0.2) is 4.57 Å². The number of unbranched alkanes of at least 4 members (excludes halogenated alkanes) is 66. The number of nitrogens with two attached hydrogens (primary N) is 1. The van der Waals surface area contributed by atoms with Crippen molar-refractivity contribution < 1.29 is 37.6 Å². The first-order valence-electron chi connectivity index (χ1n) is 45.1. The number of phosphoric acid groups is 1. The van der Waals surface area contributed by atoms with Gasteiger partial charge in [-0.3, -0.25) is 18.6 Å². The second-order valence-corrected chi connectivity index (χ2v) is 32.3. The molecule has 0 heterocycles. The monoisotopic (exact) mass is 1440 g/mol. The summed E-state index contributed by atoms with van der Waals surface area (Å²) in [6, 6.07) is 0. The minimum atomic E-state index is -4.40. The van der Waals surface area contributed by atoms with Crippen LogP contribution in [-0.2, 0) is 32.7 Å². The topological polar surface area (TPSA) is 134 Å². The van der Waals surface area contributed by atoms with Crippen molar-refractivity contribution in [2.45, 2.75) is 495 Å². The number of hydrogen-bond donors (Lipinski definition) is 2. The van der Waals surface area contributed by atoms with Gasteiger partial charge in [-0.2, -0.15) is 0 Å². The summed E-state index contributed by atoms with van der Waals surface area (Å²) in [7, 11) is -4.40. The molecule has 10 heteroatoms. The minimum absolute atomic E-state index is 0.0567. The maximum Gasteiger partial charge on any atom is 0.472 e. The van der Waals surface area contributed by atoms with Crippen LogP contribution in [0, 0.1) is 0 Å². The maximum absolute atomic E-state index is 12.8. The molecule has 0 bridgehead atoms. The van der Waals surface area contributed by atoms with E-state index in [9.17, 15) is 19.0 Å². The first-order valence-corrected chi connectivity index (χ1v) is 46.6. The molecule has 0 aliphatic rings. The zero-order valence-electron chi connectivity index (χ0n) is 67.7. The van der Waals surface area contributed by atoms with Crippen molar-refractivity contribution >= 4 is 19.8 Å². The molecule has 0 spiro atoms. The molecule has 9 nitrogen and oxygen atoms in total. The molecule has 0 saturated carbocycles. The molecule has 0 fully saturated rings. The van der Waals surface area contributed by atoms with Crippen molar-refractivity contribution in [1.82, 2.24) is 0 Å². The van der Waals surface area contributed by atoms with Crippen LogP contribution in [0.4, 0.5) is 0 Å². The molecule has 0 amide bonds. The molecule has 596 valence electrons. The molecule has 3 N–H and O–H groups in total. The number of ether oxygens (including phenoxy) is 2. The van der Waals surface area contributed by atoms with Gasteiger partial charge in [0.15, 0.2) is 6.10 Å². The van der Waals surface area contributed by atoms with E-state index in [4.69, 9.17) is 24.3 Å². The highest BCUT2D eigenvalue weighted by atomic mass is 31.2. The Morgan fingerprint density at radius 1 is 0.297 bits per heavy atom. The zero-order chi connectivity index (χ0) is 72.9. The van der Waals surface area contributed by atoms with Gasteiger partial charge < -0.3 is 20.1 Å². The van der Waals surface area contributed by atoms with Crippen molar-refractivity contribution in [1.29, 1.82) is 0 Å². The van der Waals surface area contributed by atoms with Crippen molar-refractivity contribution in [3.05, 3.63) is 48.6 Å². The normalized spacial score (nSPS) is 13.0. The van der Waals surface area contributed by atoms with Gasteiger partial charge in [0.1, 0.15) is 6.61 Å². The summed E-state index contributed by atoms with van der Waals surface area (Å²) in [5, 5.41) is 0. The molecule has 0 aromatic carbocycles. The van der Waals surface area contributed by atoms with E-state index in [-0.39, 0.29) is 38.6 Å². The first kappa shape index (κ1) is 99.0. The fourth-order valence-corrected chi connectivity index (χ4v) is 14.8. The zero-order valence-corrected chi connectivity index (χ0v) is 68.6. The van der Waals surface area contributed by atoms with E-state index in [1.165, 1.54) is 411 Å². The summed E-state index contributed by atoms with van der Waals surface area (Å²) in [5.74, 6) is -0.798. The van der Waals surface area contributed by atoms with Crippen LogP contribution in [0.5, 0.6) is 0 Å². The van der Waals surface area contributed by atoms with Crippen LogP contribution in [0.1, 0.15) is 489 Å². The second kappa shape index (κ2) is 86.9. The standard InChI is InChI=1S/C91H174NO8P/c1-3-5-7-9-11-13-15-17-19-21-23-25-27-29-31-33-35-37-39-41-43-44-46-48-50-52-54-56-58-60-62-64-66-68-70-72-74-76-78-80-82-84-91(94)100-89(88-99-101(95,96)98-86-85-92)87-97-90(93)83-81-79-77-75-73-71-69-67-65-63-61-59-57-55-53-51-49-47-45-42-40-38-36-34-32-30-28-26-24-22-20-18-16-14-12-10-8-6-4-2/h15,17,21-24,27,29,89H,3-14,16,18-20,25-26,28,30-88,92H2,1-2H3,(H,95,96)/b17-15-,23-21-,24-22-,29-27-. The van der Waals surface area contributed by atoms with Crippen LogP contribution in [0.25, 0.3) is 0 Å². The van der Waals surface area contributed by atoms with Gasteiger partial charge in [-0.05, 0) is 77.0 Å². The predicted molar refractivity (Wildman–Crippen MR) is 441 cm³/mol. The highest BCUT2D eigenvalue weighted by Gasteiger charge is 2.26. The molecule has 0 saturated heterocycles. The summed E-state index contributed by atoms with van der Waals surface area (Å²) >= 11 is 0. The van der Waals surface area contributed by atoms with E-state index in [2.05, 4.69) is 62.5 Å². The third-order valence-electron chi connectivity index (χ3n) is 20.7. The summed E-state index contributed by atoms with van der Waals surface area (Å²) in [5.41, 5.74) is 5.43. The number of esters is 2. The van der Waals surface area contributed by atoms with Gasteiger partial charge in [0.2, 0.25) is 0 Å². The molecule has 0 aromatic rings. The molecule has 0 aliphatic heterocycles. The fourth-order valence-electron chi connectivity index (χ4n) is 14.0. The largest absolute Gasteiger partial charge is 0.472 e. The van der Waals surface area contributed by atoms with E-state index in [0.717, 1.165) is 44.9 Å². The number of phosphoric ester groups is 1. The molecule has 0 aromatic heterocycles. The Bertz CT molecular complexity index is 1800. The van der Waals surface area contributed by atoms with Gasteiger partial charge in [0, 0.05) is 19.4 Å². The number of allylic oxidation sites excluding steroid dienone is 8. The van der Waals surface area contributed by atoms with E-state index < -0.39 is 26.5 Å². The van der Waals surface area contributed by atoms with Gasteiger partial charge in [-0.1, -0.05) is 448 Å². The summed E-state index contributed by atoms with van der Waals surface area (Å²) in [4.78, 5) is 35.5. The third kappa shape index (κ3) is 86.8. The average Bonchev–Trinajstić information content (AvgIpc) is 1.04. The molecule has 2 atom stereocenters. The Labute approximate surface area is 629 Å². The van der Waals surface area contributed by atoms with Crippen LogP contribution in [0.2, 0.25) is 0 Å². The first-order chi connectivity index (χ1) is 49.8. The van der Waals surface area contributed by atoms with Crippen molar-refractivity contribution in [3.8, 4) is 0 Å². The Morgan fingerprint density at radius 2 is 0.515 bits per heavy atom. The molecule has 0 rings (SSSR count). The number of hydrogen-bond acceptors (Lipinski definition) is 8. The molecule has 2 unspecified atom stereocenters. The Balaban J connectivity index is 3.69. The predicted octanol–water partition coefficient (Wildman–Crippen LogP) is 30.7. The van der Waals surface area contributed by atoms with Crippen LogP contribution >= 0.6 is 7.82 Å². The van der Waals surface area contributed by atoms with Crippen molar-refractivity contribution in [3.63, 3.8) is 0 Å². The lowest BCUT2D eigenvalue weighted by molar-refractivity contribution is -0.161. The fraction of sp³-hybridized carbons (Fsp3) is 0.890. The molecule has 101 heavy (non-hydrogen) atoms. The van der Waals surface area contributed by atoms with E-state index in [1.807, 2.05) is 0 Å². The van der Waals surface area contributed by atoms with Gasteiger partial charge in [0.25, 0.3) is 0 Å². The highest BCUT2D eigenvalue weighted by molar-refractivity contribution is 7.47. The van der Waals surface area contributed by atoms with Crippen molar-refractivity contribution in [2.24, 2.45) is 5.73 Å². The van der Waals surface area contributed by atoms with E-state index in [0.29, 0.717) is 6.42 Å². The van der Waals surface area contributed by atoms with Crippen LogP contribution in [-0.4, -0.2) is 49.3 Å². The lowest BCUT2D eigenvalue weighted by atomic mass is 10.0.